The first-order valence-electron chi connectivity index (χ1n) is 4.15. The zero-order valence-corrected chi connectivity index (χ0v) is 8.55. The Bertz CT molecular complexity index is 417. The molecule has 1 aromatic carbocycles. The van der Waals surface area contributed by atoms with Crippen LogP contribution in [-0.2, 0) is 11.0 Å². The van der Waals surface area contributed by atoms with E-state index in [1.165, 1.54) is 12.1 Å². The summed E-state index contributed by atoms with van der Waals surface area (Å²) in [6, 6.07) is 5.38. The summed E-state index contributed by atoms with van der Waals surface area (Å²) in [4.78, 5) is 0.236. The molecule has 0 radical (unpaired) electrons. The molecule has 0 fully saturated rings. The molecular weight excluding hydrogens is 219 g/mol. The molecule has 0 saturated heterocycles. The molecule has 1 unspecified atom stereocenters. The van der Waals surface area contributed by atoms with Crippen LogP contribution in [0.3, 0.4) is 0 Å². The third-order valence-corrected chi connectivity index (χ3v) is 2.77. The Balaban J connectivity index is 2.84. The monoisotopic (exact) mass is 228 g/mol. The molecule has 0 amide bonds. The van der Waals surface area contributed by atoms with Crippen LogP contribution < -0.4 is 4.72 Å². The van der Waals surface area contributed by atoms with Crippen LogP contribution in [0.1, 0.15) is 5.56 Å². The number of nitrogens with zero attached hydrogens (tertiary/aromatic N) is 1. The number of halogens is 1. The van der Waals surface area contributed by atoms with Crippen LogP contribution in [0, 0.1) is 17.1 Å². The standard InChI is InChI=1S/C9H9FN2O2S/c10-9-5-8(2-1-7(9)6-11)15(14)12-3-4-13/h1-2,5,12-13H,3-4H2. The number of hydrogen-bond acceptors (Lipinski definition) is 3. The Morgan fingerprint density at radius 2 is 2.33 bits per heavy atom. The topological polar surface area (TPSA) is 73.1 Å². The van der Waals surface area contributed by atoms with Gasteiger partial charge in [-0.15, -0.1) is 0 Å². The Hall–Kier alpha value is -1.29. The van der Waals surface area contributed by atoms with E-state index in [2.05, 4.69) is 4.72 Å². The van der Waals surface area contributed by atoms with Gasteiger partial charge in [-0.3, -0.25) is 0 Å². The number of nitrogens with one attached hydrogen (secondary N) is 1. The van der Waals surface area contributed by atoms with Crippen LogP contribution in [-0.4, -0.2) is 22.5 Å². The van der Waals surface area contributed by atoms with Crippen LogP contribution in [0.25, 0.3) is 0 Å². The largest absolute Gasteiger partial charge is 0.395 e. The van der Waals surface area contributed by atoms with Gasteiger partial charge in [0.25, 0.3) is 0 Å². The third kappa shape index (κ3) is 3.09. The van der Waals surface area contributed by atoms with E-state index >= 15 is 0 Å². The molecule has 15 heavy (non-hydrogen) atoms. The predicted molar refractivity (Wildman–Crippen MR) is 52.6 cm³/mol. The summed E-state index contributed by atoms with van der Waals surface area (Å²) in [5.41, 5.74) is -0.0853. The Kier molecular flexibility index (Phi) is 4.37. The lowest BCUT2D eigenvalue weighted by Crippen LogP contribution is -2.21. The van der Waals surface area contributed by atoms with E-state index in [9.17, 15) is 8.60 Å². The van der Waals surface area contributed by atoms with Crippen molar-refractivity contribution in [1.82, 2.24) is 4.72 Å². The number of aliphatic hydroxyl groups excluding tert-OH is 1. The zero-order chi connectivity index (χ0) is 11.3. The third-order valence-electron chi connectivity index (χ3n) is 1.62. The van der Waals surface area contributed by atoms with Gasteiger partial charge >= 0.3 is 0 Å². The minimum Gasteiger partial charge on any atom is -0.395 e. The van der Waals surface area contributed by atoms with Gasteiger partial charge in [-0.2, -0.15) is 5.26 Å². The van der Waals surface area contributed by atoms with E-state index in [0.29, 0.717) is 0 Å². The Morgan fingerprint density at radius 3 is 2.87 bits per heavy atom. The molecule has 1 aromatic rings. The molecule has 0 spiro atoms. The van der Waals surface area contributed by atoms with Crippen molar-refractivity contribution in [2.24, 2.45) is 0 Å². The second-order valence-corrected chi connectivity index (χ2v) is 3.94. The summed E-state index contributed by atoms with van der Waals surface area (Å²) < 4.78 is 27.0. The molecule has 80 valence electrons. The number of aliphatic hydroxyl groups is 1. The second-order valence-electron chi connectivity index (χ2n) is 2.64. The summed E-state index contributed by atoms with van der Waals surface area (Å²) in [6.45, 7) is 0.0126. The van der Waals surface area contributed by atoms with Crippen LogP contribution in [0.4, 0.5) is 4.39 Å². The summed E-state index contributed by atoms with van der Waals surface area (Å²) >= 11 is 0. The van der Waals surface area contributed by atoms with Gasteiger partial charge in [-0.25, -0.2) is 13.3 Å². The van der Waals surface area contributed by atoms with Gasteiger partial charge in [0.15, 0.2) is 0 Å². The quantitative estimate of drug-likeness (QED) is 0.778. The molecule has 0 aromatic heterocycles. The first-order valence-corrected chi connectivity index (χ1v) is 5.30. The van der Waals surface area contributed by atoms with Gasteiger partial charge in [0.2, 0.25) is 0 Å². The van der Waals surface area contributed by atoms with E-state index in [1.807, 2.05) is 0 Å². The Labute approximate surface area is 88.9 Å². The summed E-state index contributed by atoms with van der Waals surface area (Å²) in [7, 11) is -1.56. The van der Waals surface area contributed by atoms with Crippen molar-refractivity contribution >= 4 is 11.0 Å². The number of hydrogen-bond donors (Lipinski definition) is 2. The maximum absolute atomic E-state index is 13.1. The molecule has 1 atom stereocenters. The van der Waals surface area contributed by atoms with Gasteiger partial charge < -0.3 is 5.11 Å². The molecule has 0 aliphatic carbocycles. The fraction of sp³-hybridized carbons (Fsp3) is 0.222. The summed E-state index contributed by atoms with van der Waals surface area (Å²) in [5, 5.41) is 17.0. The molecule has 4 nitrogen and oxygen atoms in total. The minimum atomic E-state index is -1.56. The molecule has 0 aliphatic heterocycles. The maximum Gasteiger partial charge on any atom is 0.142 e. The fourth-order valence-electron chi connectivity index (χ4n) is 0.924. The number of rotatable bonds is 4. The van der Waals surface area contributed by atoms with Gasteiger partial charge in [0, 0.05) is 6.54 Å². The summed E-state index contributed by atoms with van der Waals surface area (Å²) in [5.74, 6) is -0.700. The lowest BCUT2D eigenvalue weighted by atomic mass is 10.2. The SMILES string of the molecule is N#Cc1ccc(S(=O)NCCO)cc1F. The second kappa shape index (κ2) is 5.56. The van der Waals surface area contributed by atoms with E-state index < -0.39 is 16.8 Å². The normalized spacial score (nSPS) is 12.1. The molecule has 0 heterocycles. The van der Waals surface area contributed by atoms with Crippen molar-refractivity contribution in [3.05, 3.63) is 29.6 Å². The minimum absolute atomic E-state index is 0.0853. The first kappa shape index (κ1) is 11.8. The zero-order valence-electron chi connectivity index (χ0n) is 7.74. The fourth-order valence-corrected chi connectivity index (χ4v) is 1.77. The molecule has 0 saturated carbocycles. The maximum atomic E-state index is 13.1. The average molecular weight is 228 g/mol. The van der Waals surface area contributed by atoms with Crippen molar-refractivity contribution in [3.63, 3.8) is 0 Å². The van der Waals surface area contributed by atoms with E-state index in [-0.39, 0.29) is 23.6 Å². The first-order chi connectivity index (χ1) is 7.19. The highest BCUT2D eigenvalue weighted by atomic mass is 32.2. The Morgan fingerprint density at radius 1 is 1.60 bits per heavy atom. The lowest BCUT2D eigenvalue weighted by Gasteiger charge is -2.03. The van der Waals surface area contributed by atoms with Crippen LogP contribution >= 0.6 is 0 Å². The van der Waals surface area contributed by atoms with Crippen LogP contribution in [0.2, 0.25) is 0 Å². The van der Waals surface area contributed by atoms with Crippen LogP contribution in [0.15, 0.2) is 23.1 Å². The number of benzene rings is 1. The van der Waals surface area contributed by atoms with Crippen LogP contribution in [0.5, 0.6) is 0 Å². The van der Waals surface area contributed by atoms with Gasteiger partial charge in [0.1, 0.15) is 22.9 Å². The van der Waals surface area contributed by atoms with Gasteiger partial charge in [0.05, 0.1) is 17.1 Å². The molecule has 6 heteroatoms. The predicted octanol–water partition coefficient (Wildman–Crippen LogP) is 0.302. The highest BCUT2D eigenvalue weighted by molar-refractivity contribution is 7.83. The highest BCUT2D eigenvalue weighted by Crippen LogP contribution is 2.11. The molecule has 0 bridgehead atoms. The lowest BCUT2D eigenvalue weighted by molar-refractivity contribution is 0.302. The highest BCUT2D eigenvalue weighted by Gasteiger charge is 2.07. The molecular formula is C9H9FN2O2S. The average Bonchev–Trinajstić information content (AvgIpc) is 2.25. The van der Waals surface area contributed by atoms with Gasteiger partial charge in [-0.1, -0.05) is 0 Å². The van der Waals surface area contributed by atoms with Crippen molar-refractivity contribution < 1.29 is 13.7 Å². The van der Waals surface area contributed by atoms with E-state index in [1.54, 1.807) is 6.07 Å². The van der Waals surface area contributed by atoms with E-state index in [4.69, 9.17) is 10.4 Å². The van der Waals surface area contributed by atoms with Crippen molar-refractivity contribution in [2.75, 3.05) is 13.2 Å². The van der Waals surface area contributed by atoms with Crippen molar-refractivity contribution in [1.29, 1.82) is 5.26 Å². The summed E-state index contributed by atoms with van der Waals surface area (Å²) in [6.07, 6.45) is 0. The molecule has 1 rings (SSSR count). The number of nitriles is 1. The van der Waals surface area contributed by atoms with Crippen molar-refractivity contribution in [3.8, 4) is 6.07 Å². The molecule has 0 aliphatic rings. The smallest absolute Gasteiger partial charge is 0.142 e. The van der Waals surface area contributed by atoms with E-state index in [0.717, 1.165) is 6.07 Å². The van der Waals surface area contributed by atoms with Gasteiger partial charge in [-0.05, 0) is 18.2 Å². The molecule has 2 N–H and O–H groups in total. The van der Waals surface area contributed by atoms with Crippen molar-refractivity contribution in [2.45, 2.75) is 4.90 Å².